The molecule has 0 aliphatic heterocycles. The van der Waals surface area contributed by atoms with Gasteiger partial charge in [-0.1, -0.05) is 24.3 Å². The van der Waals surface area contributed by atoms with Crippen molar-refractivity contribution in [3.8, 4) is 0 Å². The molecule has 1 unspecified atom stereocenters. The molecule has 96 valence electrons. The number of methoxy groups -OCH3 is 1. The van der Waals surface area contributed by atoms with Gasteiger partial charge in [0.05, 0.1) is 0 Å². The summed E-state index contributed by atoms with van der Waals surface area (Å²) in [5.41, 5.74) is 3.29. The number of ether oxygens (including phenoxy) is 1. The Bertz CT molecular complexity index is 657. The number of pyridine rings is 1. The van der Waals surface area contributed by atoms with Gasteiger partial charge in [0.15, 0.2) is 0 Å². The van der Waals surface area contributed by atoms with Crippen LogP contribution in [-0.2, 0) is 4.74 Å². The molecule has 0 fully saturated rings. The molecule has 0 saturated heterocycles. The fraction of sp³-hybridized carbons (Fsp3) is 0.176. The first-order valence-corrected chi connectivity index (χ1v) is 6.41. The third-order valence-electron chi connectivity index (χ3n) is 3.57. The van der Waals surface area contributed by atoms with E-state index >= 15 is 0 Å². The SMILES string of the molecule is COC1(C)C=CC=C(c2cc3ccccn3c2)C=C1. The van der Waals surface area contributed by atoms with Crippen LogP contribution in [0, 0.1) is 0 Å². The van der Waals surface area contributed by atoms with Crippen molar-refractivity contribution < 1.29 is 4.74 Å². The Morgan fingerprint density at radius 2 is 2.11 bits per heavy atom. The summed E-state index contributed by atoms with van der Waals surface area (Å²) < 4.78 is 7.62. The number of nitrogens with zero attached hydrogens (tertiary/aromatic N) is 1. The Kier molecular flexibility index (Phi) is 2.88. The van der Waals surface area contributed by atoms with Crippen LogP contribution in [0.5, 0.6) is 0 Å². The van der Waals surface area contributed by atoms with Crippen molar-refractivity contribution in [2.45, 2.75) is 12.5 Å². The lowest BCUT2D eigenvalue weighted by Crippen LogP contribution is -2.20. The Balaban J connectivity index is 2.01. The maximum Gasteiger partial charge on any atom is 0.102 e. The van der Waals surface area contributed by atoms with Gasteiger partial charge in [0.1, 0.15) is 5.60 Å². The van der Waals surface area contributed by atoms with E-state index < -0.39 is 0 Å². The van der Waals surface area contributed by atoms with E-state index in [0.29, 0.717) is 0 Å². The molecule has 2 aromatic heterocycles. The zero-order chi connectivity index (χ0) is 13.3. The molecule has 3 rings (SSSR count). The van der Waals surface area contributed by atoms with Gasteiger partial charge in [-0.3, -0.25) is 0 Å². The molecule has 1 atom stereocenters. The molecular weight excluding hydrogens is 234 g/mol. The fourth-order valence-corrected chi connectivity index (χ4v) is 2.25. The molecule has 2 aromatic rings. The van der Waals surface area contributed by atoms with E-state index in [4.69, 9.17) is 4.74 Å². The van der Waals surface area contributed by atoms with Crippen LogP contribution in [0.3, 0.4) is 0 Å². The molecule has 2 heteroatoms. The molecule has 0 radical (unpaired) electrons. The van der Waals surface area contributed by atoms with E-state index in [2.05, 4.69) is 65.4 Å². The summed E-state index contributed by atoms with van der Waals surface area (Å²) in [7, 11) is 1.73. The van der Waals surface area contributed by atoms with E-state index in [-0.39, 0.29) is 5.60 Å². The number of aromatic nitrogens is 1. The summed E-state index contributed by atoms with van der Waals surface area (Å²) in [6, 6.07) is 8.40. The maximum atomic E-state index is 5.49. The van der Waals surface area contributed by atoms with Gasteiger partial charge in [-0.25, -0.2) is 0 Å². The second kappa shape index (κ2) is 4.56. The average Bonchev–Trinajstić information content (AvgIpc) is 2.76. The molecule has 0 N–H and O–H groups in total. The van der Waals surface area contributed by atoms with E-state index in [0.717, 1.165) is 0 Å². The average molecular weight is 251 g/mol. The quantitative estimate of drug-likeness (QED) is 0.790. The number of fused-ring (bicyclic) bond motifs is 1. The van der Waals surface area contributed by atoms with Crippen molar-refractivity contribution in [3.05, 3.63) is 72.6 Å². The molecule has 0 bridgehead atoms. The largest absolute Gasteiger partial charge is 0.370 e. The van der Waals surface area contributed by atoms with Crippen LogP contribution in [-0.4, -0.2) is 17.1 Å². The van der Waals surface area contributed by atoms with E-state index in [9.17, 15) is 0 Å². The predicted molar refractivity (Wildman–Crippen MR) is 79.1 cm³/mol. The highest BCUT2D eigenvalue weighted by Crippen LogP contribution is 2.25. The molecule has 2 heterocycles. The van der Waals surface area contributed by atoms with Gasteiger partial charge in [0.25, 0.3) is 0 Å². The van der Waals surface area contributed by atoms with Gasteiger partial charge in [0.2, 0.25) is 0 Å². The second-order valence-electron chi connectivity index (χ2n) is 4.96. The lowest BCUT2D eigenvalue weighted by molar-refractivity contribution is 0.0909. The first-order valence-electron chi connectivity index (χ1n) is 6.41. The van der Waals surface area contributed by atoms with Crippen LogP contribution in [0.1, 0.15) is 12.5 Å². The highest BCUT2D eigenvalue weighted by molar-refractivity contribution is 5.78. The standard InChI is InChI=1S/C17H17NO/c1-17(19-2)9-5-6-14(8-10-17)15-12-16-7-3-4-11-18(16)13-15/h3-13H,1-2H3. The molecule has 0 spiro atoms. The molecule has 0 amide bonds. The lowest BCUT2D eigenvalue weighted by Gasteiger charge is -2.18. The summed E-state index contributed by atoms with van der Waals surface area (Å²) in [5, 5.41) is 0. The third kappa shape index (κ3) is 2.27. The number of hydrogen-bond acceptors (Lipinski definition) is 1. The second-order valence-corrected chi connectivity index (χ2v) is 4.96. The van der Waals surface area contributed by atoms with Gasteiger partial charge in [0, 0.05) is 30.6 Å². The first kappa shape index (κ1) is 12.0. The Morgan fingerprint density at radius 1 is 1.21 bits per heavy atom. The topological polar surface area (TPSA) is 13.6 Å². The van der Waals surface area contributed by atoms with Crippen LogP contribution in [0.25, 0.3) is 11.1 Å². The van der Waals surface area contributed by atoms with Crippen LogP contribution in [0.4, 0.5) is 0 Å². The van der Waals surface area contributed by atoms with E-state index in [1.807, 2.05) is 13.0 Å². The smallest absolute Gasteiger partial charge is 0.102 e. The maximum absolute atomic E-state index is 5.49. The molecular formula is C17H17NO. The van der Waals surface area contributed by atoms with E-state index in [1.165, 1.54) is 16.7 Å². The fourth-order valence-electron chi connectivity index (χ4n) is 2.25. The van der Waals surface area contributed by atoms with Gasteiger partial charge in [-0.2, -0.15) is 0 Å². The number of allylic oxidation sites excluding steroid dienone is 4. The molecule has 1 aliphatic carbocycles. The van der Waals surface area contributed by atoms with Crippen LogP contribution >= 0.6 is 0 Å². The monoisotopic (exact) mass is 251 g/mol. The highest BCUT2D eigenvalue weighted by Gasteiger charge is 2.17. The van der Waals surface area contributed by atoms with Crippen molar-refractivity contribution in [1.29, 1.82) is 0 Å². The van der Waals surface area contributed by atoms with Crippen molar-refractivity contribution in [2.75, 3.05) is 7.11 Å². The number of rotatable bonds is 2. The van der Waals surface area contributed by atoms with Crippen LogP contribution in [0.15, 0.2) is 67.0 Å². The summed E-state index contributed by atoms with van der Waals surface area (Å²) in [5.74, 6) is 0. The van der Waals surface area contributed by atoms with Gasteiger partial charge in [-0.05, 0) is 42.8 Å². The molecule has 0 aromatic carbocycles. The third-order valence-corrected chi connectivity index (χ3v) is 3.57. The minimum atomic E-state index is -0.322. The number of hydrogen-bond donors (Lipinski definition) is 0. The summed E-state index contributed by atoms with van der Waals surface area (Å²) in [6.07, 6.45) is 14.7. The molecule has 1 aliphatic rings. The zero-order valence-electron chi connectivity index (χ0n) is 11.2. The Morgan fingerprint density at radius 3 is 2.89 bits per heavy atom. The van der Waals surface area contributed by atoms with Crippen molar-refractivity contribution in [1.82, 2.24) is 4.40 Å². The lowest BCUT2D eigenvalue weighted by atomic mass is 10.1. The summed E-state index contributed by atoms with van der Waals surface area (Å²) in [4.78, 5) is 0. The van der Waals surface area contributed by atoms with Gasteiger partial charge >= 0.3 is 0 Å². The van der Waals surface area contributed by atoms with Gasteiger partial charge in [-0.15, -0.1) is 0 Å². The summed E-state index contributed by atoms with van der Waals surface area (Å²) in [6.45, 7) is 2.05. The Hall–Kier alpha value is -2.06. The predicted octanol–water partition coefficient (Wildman–Crippen LogP) is 3.85. The highest BCUT2D eigenvalue weighted by atomic mass is 16.5. The van der Waals surface area contributed by atoms with Crippen LogP contribution < -0.4 is 0 Å². The van der Waals surface area contributed by atoms with Crippen molar-refractivity contribution in [3.63, 3.8) is 0 Å². The van der Waals surface area contributed by atoms with Crippen molar-refractivity contribution in [2.24, 2.45) is 0 Å². The zero-order valence-corrected chi connectivity index (χ0v) is 11.2. The Labute approximate surface area is 113 Å². The van der Waals surface area contributed by atoms with Gasteiger partial charge < -0.3 is 9.14 Å². The molecule has 2 nitrogen and oxygen atoms in total. The molecule has 0 saturated carbocycles. The van der Waals surface area contributed by atoms with Crippen molar-refractivity contribution >= 4 is 11.1 Å². The summed E-state index contributed by atoms with van der Waals surface area (Å²) >= 11 is 0. The minimum absolute atomic E-state index is 0.322. The van der Waals surface area contributed by atoms with E-state index in [1.54, 1.807) is 7.11 Å². The first-order chi connectivity index (χ1) is 9.20. The molecule has 19 heavy (non-hydrogen) atoms. The normalized spacial score (nSPS) is 22.5. The van der Waals surface area contributed by atoms with Crippen LogP contribution in [0.2, 0.25) is 0 Å². The minimum Gasteiger partial charge on any atom is -0.370 e.